The van der Waals surface area contributed by atoms with E-state index >= 15 is 0 Å². The number of benzene rings is 1. The lowest BCUT2D eigenvalue weighted by Crippen LogP contribution is -2.40. The number of alkyl halides is 1. The number of allylic oxidation sites excluding steroid dienone is 1. The summed E-state index contributed by atoms with van der Waals surface area (Å²) in [6.07, 6.45) is 5.07. The van der Waals surface area contributed by atoms with E-state index < -0.39 is 6.17 Å². The van der Waals surface area contributed by atoms with E-state index in [4.69, 9.17) is 0 Å². The summed E-state index contributed by atoms with van der Waals surface area (Å²) < 4.78 is 13.8. The van der Waals surface area contributed by atoms with E-state index in [0.29, 0.717) is 42.5 Å². The molecule has 33 heavy (non-hydrogen) atoms. The third-order valence-corrected chi connectivity index (χ3v) is 6.70. The van der Waals surface area contributed by atoms with Crippen molar-refractivity contribution < 1.29 is 14.0 Å². The number of pyridine rings is 1. The van der Waals surface area contributed by atoms with Gasteiger partial charge >= 0.3 is 0 Å². The molecule has 1 fully saturated rings. The first kappa shape index (κ1) is 23.1. The second-order valence-electron chi connectivity index (χ2n) is 8.93. The number of rotatable bonds is 6. The molecule has 1 amide bonds. The van der Waals surface area contributed by atoms with Gasteiger partial charge in [0.05, 0.1) is 12.1 Å². The molecule has 4 rings (SSSR count). The van der Waals surface area contributed by atoms with Gasteiger partial charge in [-0.3, -0.25) is 9.59 Å². The van der Waals surface area contributed by atoms with Crippen molar-refractivity contribution in [2.45, 2.75) is 58.5 Å². The lowest BCUT2D eigenvalue weighted by atomic mass is 9.95. The molecule has 3 heterocycles. The van der Waals surface area contributed by atoms with Gasteiger partial charge in [-0.2, -0.15) is 0 Å². The average Bonchev–Trinajstić information content (AvgIpc) is 2.86. The van der Waals surface area contributed by atoms with Gasteiger partial charge in [-0.25, -0.2) is 9.37 Å². The van der Waals surface area contributed by atoms with Gasteiger partial charge in [0.1, 0.15) is 12.0 Å². The number of hydrogen-bond donors (Lipinski definition) is 0. The van der Waals surface area contributed by atoms with E-state index in [1.807, 2.05) is 32.0 Å². The molecule has 0 aliphatic carbocycles. The fraction of sp³-hybridized carbons (Fsp3) is 0.444. The van der Waals surface area contributed by atoms with Crippen LogP contribution in [0.3, 0.4) is 0 Å². The van der Waals surface area contributed by atoms with Crippen molar-refractivity contribution in [1.29, 1.82) is 0 Å². The minimum atomic E-state index is -0.944. The Bertz CT molecular complexity index is 1080. The fourth-order valence-corrected chi connectivity index (χ4v) is 4.74. The number of halogens is 1. The molecule has 2 aliphatic rings. The highest BCUT2D eigenvalue weighted by Crippen LogP contribution is 2.34. The molecular formula is C27H32FN3O2. The number of nitrogens with zero attached hydrogens (tertiary/aromatic N) is 3. The molecule has 0 unspecified atom stereocenters. The molecule has 174 valence electrons. The number of piperidine rings is 1. The fourth-order valence-electron chi connectivity index (χ4n) is 4.74. The first-order valence-electron chi connectivity index (χ1n) is 12.0. The van der Waals surface area contributed by atoms with E-state index in [2.05, 4.69) is 22.5 Å². The highest BCUT2D eigenvalue weighted by molar-refractivity contribution is 6.09. The number of likely N-dealkylation sites (tertiary alicyclic amines) is 1. The smallest absolute Gasteiger partial charge is 0.255 e. The van der Waals surface area contributed by atoms with E-state index in [0.717, 1.165) is 48.4 Å². The summed E-state index contributed by atoms with van der Waals surface area (Å²) in [5.41, 5.74) is 4.88. The van der Waals surface area contributed by atoms with Crippen LogP contribution in [-0.4, -0.2) is 47.4 Å². The molecular weight excluding hydrogens is 417 g/mol. The highest BCUT2D eigenvalue weighted by Gasteiger charge is 2.27. The number of aryl methyl sites for hydroxylation is 2. The Morgan fingerprint density at radius 1 is 1.18 bits per heavy atom. The molecule has 5 nitrogen and oxygen atoms in total. The Labute approximate surface area is 195 Å². The minimum absolute atomic E-state index is 0.00875. The average molecular weight is 450 g/mol. The topological polar surface area (TPSA) is 53.5 Å². The van der Waals surface area contributed by atoms with E-state index in [-0.39, 0.29) is 18.2 Å². The second kappa shape index (κ2) is 9.86. The zero-order valence-corrected chi connectivity index (χ0v) is 19.6. The van der Waals surface area contributed by atoms with Crippen LogP contribution in [0, 0.1) is 0 Å². The number of Topliss-reactive ketones (excluding diaryl/α,β-unsaturated/α-hetero) is 1. The van der Waals surface area contributed by atoms with E-state index in [1.165, 1.54) is 0 Å². The molecule has 1 aromatic heterocycles. The van der Waals surface area contributed by atoms with Gasteiger partial charge in [-0.15, -0.1) is 0 Å². The molecule has 0 bridgehead atoms. The third kappa shape index (κ3) is 4.70. The van der Waals surface area contributed by atoms with Crippen molar-refractivity contribution >= 4 is 23.2 Å². The number of aromatic nitrogens is 1. The van der Waals surface area contributed by atoms with Crippen LogP contribution in [0.2, 0.25) is 0 Å². The predicted octanol–water partition coefficient (Wildman–Crippen LogP) is 5.45. The van der Waals surface area contributed by atoms with Gasteiger partial charge in [0, 0.05) is 30.5 Å². The van der Waals surface area contributed by atoms with Crippen molar-refractivity contribution in [1.82, 2.24) is 9.88 Å². The first-order valence-corrected chi connectivity index (χ1v) is 12.0. The van der Waals surface area contributed by atoms with Gasteiger partial charge in [0.2, 0.25) is 0 Å². The van der Waals surface area contributed by atoms with Gasteiger partial charge in [-0.05, 0) is 79.5 Å². The third-order valence-electron chi connectivity index (χ3n) is 6.70. The van der Waals surface area contributed by atoms with Crippen LogP contribution in [0.25, 0.3) is 0 Å². The van der Waals surface area contributed by atoms with Crippen LogP contribution in [0.15, 0.2) is 42.6 Å². The SMILES string of the molecule is C=C(CC)C(=O)c1ccc(N2CCCc3cc(C(=O)N4CCC[C@H](F)C4)cnc32)cc1CC. The lowest BCUT2D eigenvalue weighted by molar-refractivity contribution is 0.0635. The number of fused-ring (bicyclic) bond motifs is 1. The number of carbonyl (C=O) groups is 2. The lowest BCUT2D eigenvalue weighted by Gasteiger charge is -2.32. The predicted molar refractivity (Wildman–Crippen MR) is 129 cm³/mol. The molecule has 6 heteroatoms. The standard InChI is InChI=1S/C27H32FN3O2/c1-4-18(3)25(32)24-11-10-23(15-19(24)5-2)31-13-6-8-20-14-21(16-29-26(20)31)27(33)30-12-7-9-22(28)17-30/h10-11,14-16,22H,3-9,12-13,17H2,1-2H3/t22-/m0/s1. The van der Waals surface area contributed by atoms with E-state index in [1.54, 1.807) is 11.1 Å². The van der Waals surface area contributed by atoms with Crippen molar-refractivity contribution in [2.24, 2.45) is 0 Å². The molecule has 0 saturated carbocycles. The summed E-state index contributed by atoms with van der Waals surface area (Å²) >= 11 is 0. The van der Waals surface area contributed by atoms with Crippen LogP contribution in [0.4, 0.5) is 15.9 Å². The van der Waals surface area contributed by atoms with Crippen LogP contribution in [-0.2, 0) is 12.8 Å². The molecule has 1 aromatic carbocycles. The summed E-state index contributed by atoms with van der Waals surface area (Å²) in [7, 11) is 0. The largest absolute Gasteiger partial charge is 0.336 e. The molecule has 0 spiro atoms. The van der Waals surface area contributed by atoms with Crippen LogP contribution < -0.4 is 4.90 Å². The number of amides is 1. The molecule has 2 aliphatic heterocycles. The number of anilines is 2. The maximum atomic E-state index is 13.8. The summed E-state index contributed by atoms with van der Waals surface area (Å²) in [6.45, 7) is 9.48. The Hall–Kier alpha value is -3.02. The highest BCUT2D eigenvalue weighted by atomic mass is 19.1. The summed E-state index contributed by atoms with van der Waals surface area (Å²) in [4.78, 5) is 34.1. The van der Waals surface area contributed by atoms with E-state index in [9.17, 15) is 14.0 Å². The number of hydrogen-bond acceptors (Lipinski definition) is 4. The minimum Gasteiger partial charge on any atom is -0.336 e. The summed E-state index contributed by atoms with van der Waals surface area (Å²) in [6, 6.07) is 7.86. The number of carbonyl (C=O) groups excluding carboxylic acids is 2. The van der Waals surface area contributed by atoms with Crippen molar-refractivity contribution in [3.05, 3.63) is 64.9 Å². The van der Waals surface area contributed by atoms with Gasteiger partial charge in [0.15, 0.2) is 5.78 Å². The Balaban J connectivity index is 1.61. The Morgan fingerprint density at radius 3 is 2.73 bits per heavy atom. The number of ketones is 1. The van der Waals surface area contributed by atoms with Gasteiger partial charge in [-0.1, -0.05) is 20.4 Å². The zero-order valence-electron chi connectivity index (χ0n) is 19.6. The summed E-state index contributed by atoms with van der Waals surface area (Å²) in [5, 5.41) is 0. The quantitative estimate of drug-likeness (QED) is 0.435. The van der Waals surface area contributed by atoms with Crippen molar-refractivity contribution in [2.75, 3.05) is 24.5 Å². The van der Waals surface area contributed by atoms with Crippen molar-refractivity contribution in [3.63, 3.8) is 0 Å². The maximum absolute atomic E-state index is 13.8. The van der Waals surface area contributed by atoms with Crippen LogP contribution in [0.1, 0.15) is 71.4 Å². The molecule has 0 N–H and O–H groups in total. The zero-order chi connectivity index (χ0) is 23.5. The first-order chi connectivity index (χ1) is 15.9. The second-order valence-corrected chi connectivity index (χ2v) is 8.93. The molecule has 2 aromatic rings. The van der Waals surface area contributed by atoms with Crippen LogP contribution >= 0.6 is 0 Å². The summed E-state index contributed by atoms with van der Waals surface area (Å²) in [5.74, 6) is 0.713. The Kier molecular flexibility index (Phi) is 6.91. The molecule has 1 atom stereocenters. The van der Waals surface area contributed by atoms with Crippen molar-refractivity contribution in [3.8, 4) is 0 Å². The molecule has 0 radical (unpaired) electrons. The molecule has 1 saturated heterocycles. The van der Waals surface area contributed by atoms with Crippen LogP contribution in [0.5, 0.6) is 0 Å². The Morgan fingerprint density at radius 2 is 2.00 bits per heavy atom. The monoisotopic (exact) mass is 449 g/mol. The van der Waals surface area contributed by atoms with Gasteiger partial charge < -0.3 is 9.80 Å². The maximum Gasteiger partial charge on any atom is 0.255 e. The normalized spacial score (nSPS) is 18.1. The van der Waals surface area contributed by atoms with Gasteiger partial charge in [0.25, 0.3) is 5.91 Å².